The molecular weight excluding hydrogens is 124 g/mol. The molecule has 0 aliphatic carbocycles. The van der Waals surface area contributed by atoms with Crippen LogP contribution in [0.15, 0.2) is 0 Å². The minimum atomic E-state index is 0.546. The van der Waals surface area contributed by atoms with Crippen molar-refractivity contribution < 1.29 is 0 Å². The third-order valence-electron chi connectivity index (χ3n) is 1.88. The van der Waals surface area contributed by atoms with Crippen molar-refractivity contribution in [3.8, 4) is 0 Å². The van der Waals surface area contributed by atoms with E-state index in [0.29, 0.717) is 6.04 Å². The highest BCUT2D eigenvalue weighted by Gasteiger charge is 2.07. The van der Waals surface area contributed by atoms with Crippen molar-refractivity contribution in [2.75, 3.05) is 19.6 Å². The van der Waals surface area contributed by atoms with Gasteiger partial charge < -0.3 is 5.73 Å². The molecule has 0 aliphatic heterocycles. The third-order valence-corrected chi connectivity index (χ3v) is 1.88. The number of nitrogens with two attached hydrogens (primary N) is 1. The zero-order chi connectivity index (χ0) is 7.98. The molecule has 0 aromatic rings. The maximum absolute atomic E-state index is 5.54. The average molecular weight is 144 g/mol. The fourth-order valence-electron chi connectivity index (χ4n) is 1.13. The Bertz CT molecular complexity index is 73.7. The van der Waals surface area contributed by atoms with Gasteiger partial charge in [0.05, 0.1) is 0 Å². The van der Waals surface area contributed by atoms with Crippen LogP contribution in [0.4, 0.5) is 0 Å². The summed E-state index contributed by atoms with van der Waals surface area (Å²) in [5, 5.41) is 0. The third kappa shape index (κ3) is 3.18. The highest BCUT2D eigenvalue weighted by molar-refractivity contribution is 4.64. The number of likely N-dealkylation sites (N-methyl/N-ethyl adjacent to an activating group) is 1. The minimum Gasteiger partial charge on any atom is -0.329 e. The van der Waals surface area contributed by atoms with Crippen LogP contribution in [-0.4, -0.2) is 30.6 Å². The van der Waals surface area contributed by atoms with Crippen LogP contribution in [0.3, 0.4) is 0 Å². The molecule has 0 unspecified atom stereocenters. The molecule has 0 aliphatic rings. The van der Waals surface area contributed by atoms with Crippen molar-refractivity contribution in [1.29, 1.82) is 0 Å². The van der Waals surface area contributed by atoms with Gasteiger partial charge in [0.15, 0.2) is 0 Å². The van der Waals surface area contributed by atoms with Crippen LogP contribution in [-0.2, 0) is 0 Å². The van der Waals surface area contributed by atoms with Crippen molar-refractivity contribution in [3.05, 3.63) is 0 Å². The number of nitrogens with zero attached hydrogens (tertiary/aromatic N) is 1. The zero-order valence-electron chi connectivity index (χ0n) is 7.43. The van der Waals surface area contributed by atoms with Crippen LogP contribution < -0.4 is 5.73 Å². The molecule has 0 saturated carbocycles. The molecule has 10 heavy (non-hydrogen) atoms. The Morgan fingerprint density at radius 2 is 2.00 bits per heavy atom. The normalized spacial score (nSPS) is 14.1. The standard InChI is InChI=1S/C8H20N2/c1-4-6-10(5-2)8(3)7-9/h8H,4-7,9H2,1-3H3/t8-/m0/s1. The minimum absolute atomic E-state index is 0.546. The summed E-state index contributed by atoms with van der Waals surface area (Å²) >= 11 is 0. The summed E-state index contributed by atoms with van der Waals surface area (Å²) in [5.41, 5.74) is 5.54. The molecule has 0 rings (SSSR count). The molecular formula is C8H20N2. The molecule has 1 atom stereocenters. The van der Waals surface area contributed by atoms with Crippen molar-refractivity contribution in [1.82, 2.24) is 4.90 Å². The Hall–Kier alpha value is -0.0800. The lowest BCUT2D eigenvalue weighted by Gasteiger charge is -2.25. The summed E-state index contributed by atoms with van der Waals surface area (Å²) in [6.07, 6.45) is 1.22. The molecule has 0 heterocycles. The molecule has 0 spiro atoms. The van der Waals surface area contributed by atoms with Gasteiger partial charge in [-0.05, 0) is 26.4 Å². The summed E-state index contributed by atoms with van der Waals surface area (Å²) in [6.45, 7) is 9.63. The van der Waals surface area contributed by atoms with Gasteiger partial charge in [-0.25, -0.2) is 0 Å². The largest absolute Gasteiger partial charge is 0.329 e. The Balaban J connectivity index is 3.56. The number of hydrogen-bond donors (Lipinski definition) is 1. The van der Waals surface area contributed by atoms with Crippen molar-refractivity contribution in [3.63, 3.8) is 0 Å². The molecule has 0 radical (unpaired) electrons. The fraction of sp³-hybridized carbons (Fsp3) is 1.00. The zero-order valence-corrected chi connectivity index (χ0v) is 7.43. The lowest BCUT2D eigenvalue weighted by Crippen LogP contribution is -2.38. The Labute approximate surface area is 64.4 Å². The van der Waals surface area contributed by atoms with E-state index in [-0.39, 0.29) is 0 Å². The first kappa shape index (κ1) is 9.92. The molecule has 0 aromatic carbocycles. The fourth-order valence-corrected chi connectivity index (χ4v) is 1.13. The second kappa shape index (κ2) is 5.69. The predicted molar refractivity (Wildman–Crippen MR) is 46.1 cm³/mol. The van der Waals surface area contributed by atoms with Crippen LogP contribution in [0, 0.1) is 0 Å². The van der Waals surface area contributed by atoms with E-state index in [4.69, 9.17) is 5.73 Å². The maximum Gasteiger partial charge on any atom is 0.0190 e. The molecule has 0 amide bonds. The Kier molecular flexibility index (Phi) is 5.64. The van der Waals surface area contributed by atoms with E-state index in [2.05, 4.69) is 25.7 Å². The van der Waals surface area contributed by atoms with E-state index in [0.717, 1.165) is 13.1 Å². The lowest BCUT2D eigenvalue weighted by atomic mass is 10.2. The van der Waals surface area contributed by atoms with Gasteiger partial charge in [0, 0.05) is 12.6 Å². The van der Waals surface area contributed by atoms with Gasteiger partial charge in [-0.15, -0.1) is 0 Å². The van der Waals surface area contributed by atoms with Crippen LogP contribution in [0.25, 0.3) is 0 Å². The highest BCUT2D eigenvalue weighted by atomic mass is 15.1. The lowest BCUT2D eigenvalue weighted by molar-refractivity contribution is 0.225. The van der Waals surface area contributed by atoms with Gasteiger partial charge in [-0.1, -0.05) is 13.8 Å². The van der Waals surface area contributed by atoms with E-state index in [1.807, 2.05) is 0 Å². The van der Waals surface area contributed by atoms with Crippen molar-refractivity contribution >= 4 is 0 Å². The second-order valence-corrected chi connectivity index (χ2v) is 2.71. The van der Waals surface area contributed by atoms with Gasteiger partial charge in [-0.3, -0.25) is 4.90 Å². The van der Waals surface area contributed by atoms with Crippen LogP contribution in [0.1, 0.15) is 27.2 Å². The van der Waals surface area contributed by atoms with Crippen LogP contribution in [0.5, 0.6) is 0 Å². The van der Waals surface area contributed by atoms with E-state index in [9.17, 15) is 0 Å². The molecule has 0 fully saturated rings. The molecule has 2 N–H and O–H groups in total. The number of hydrogen-bond acceptors (Lipinski definition) is 2. The first-order chi connectivity index (χ1) is 4.76. The summed E-state index contributed by atoms with van der Waals surface area (Å²) < 4.78 is 0. The van der Waals surface area contributed by atoms with E-state index in [1.165, 1.54) is 13.0 Å². The van der Waals surface area contributed by atoms with Gasteiger partial charge in [0.25, 0.3) is 0 Å². The quantitative estimate of drug-likeness (QED) is 0.625. The topological polar surface area (TPSA) is 29.3 Å². The van der Waals surface area contributed by atoms with Gasteiger partial charge in [0.1, 0.15) is 0 Å². The second-order valence-electron chi connectivity index (χ2n) is 2.71. The monoisotopic (exact) mass is 144 g/mol. The van der Waals surface area contributed by atoms with Crippen molar-refractivity contribution in [2.45, 2.75) is 33.2 Å². The van der Waals surface area contributed by atoms with Gasteiger partial charge in [-0.2, -0.15) is 0 Å². The number of rotatable bonds is 5. The summed E-state index contributed by atoms with van der Waals surface area (Å²) in [4.78, 5) is 2.40. The summed E-state index contributed by atoms with van der Waals surface area (Å²) in [6, 6.07) is 0.546. The smallest absolute Gasteiger partial charge is 0.0190 e. The SMILES string of the molecule is CCCN(CC)[C@@H](C)CN. The van der Waals surface area contributed by atoms with Crippen LogP contribution >= 0.6 is 0 Å². The maximum atomic E-state index is 5.54. The van der Waals surface area contributed by atoms with Crippen LogP contribution in [0.2, 0.25) is 0 Å². The molecule has 0 saturated heterocycles. The van der Waals surface area contributed by atoms with Gasteiger partial charge >= 0.3 is 0 Å². The Morgan fingerprint density at radius 3 is 2.30 bits per heavy atom. The first-order valence-corrected chi connectivity index (χ1v) is 4.20. The van der Waals surface area contributed by atoms with Crippen molar-refractivity contribution in [2.24, 2.45) is 5.73 Å². The van der Waals surface area contributed by atoms with E-state index in [1.54, 1.807) is 0 Å². The highest BCUT2D eigenvalue weighted by Crippen LogP contribution is 1.97. The molecule has 2 heteroatoms. The molecule has 0 bridgehead atoms. The summed E-state index contributed by atoms with van der Waals surface area (Å²) in [5.74, 6) is 0. The first-order valence-electron chi connectivity index (χ1n) is 4.20. The summed E-state index contributed by atoms with van der Waals surface area (Å²) in [7, 11) is 0. The predicted octanol–water partition coefficient (Wildman–Crippen LogP) is 1.07. The van der Waals surface area contributed by atoms with Gasteiger partial charge in [0.2, 0.25) is 0 Å². The van der Waals surface area contributed by atoms with E-state index >= 15 is 0 Å². The molecule has 62 valence electrons. The molecule has 2 nitrogen and oxygen atoms in total. The molecule has 0 aromatic heterocycles. The Morgan fingerprint density at radius 1 is 1.40 bits per heavy atom. The average Bonchev–Trinajstić information content (AvgIpc) is 1.99. The van der Waals surface area contributed by atoms with E-state index < -0.39 is 0 Å².